The number of carbonyl (C=O) groups is 2. The minimum absolute atomic E-state index is 0.0660. The molecule has 2 heterocycles. The van der Waals surface area contributed by atoms with Gasteiger partial charge in [-0.15, -0.1) is 0 Å². The summed E-state index contributed by atoms with van der Waals surface area (Å²) in [6.45, 7) is 2.22. The van der Waals surface area contributed by atoms with Crippen molar-refractivity contribution in [1.82, 2.24) is 14.7 Å². The quantitative estimate of drug-likeness (QED) is 0.339. The van der Waals surface area contributed by atoms with Gasteiger partial charge in [0.1, 0.15) is 5.75 Å². The van der Waals surface area contributed by atoms with Crippen LogP contribution in [0.25, 0.3) is 10.9 Å². The zero-order valence-corrected chi connectivity index (χ0v) is 21.0. The summed E-state index contributed by atoms with van der Waals surface area (Å²) < 4.78 is 7.39. The highest BCUT2D eigenvalue weighted by atomic mass is 35.5. The number of carboxylic acid groups (broad SMARTS) is 1. The Hall–Kier alpha value is -3.55. The molecule has 7 nitrogen and oxygen atoms in total. The van der Waals surface area contributed by atoms with Crippen molar-refractivity contribution in [2.24, 2.45) is 0 Å². The molecule has 0 fully saturated rings. The van der Waals surface area contributed by atoms with Crippen LogP contribution in [0.5, 0.6) is 5.75 Å². The van der Waals surface area contributed by atoms with E-state index < -0.39 is 18.6 Å². The van der Waals surface area contributed by atoms with E-state index in [0.29, 0.717) is 34.4 Å². The third-order valence-electron chi connectivity index (χ3n) is 6.38. The van der Waals surface area contributed by atoms with Crippen molar-refractivity contribution in [1.29, 1.82) is 0 Å². The average Bonchev–Trinajstić information content (AvgIpc) is 3.40. The first-order valence-electron chi connectivity index (χ1n) is 11.5. The number of nitrogens with zero attached hydrogens (tertiary/aromatic N) is 3. The fraction of sp³-hybridized carbons (Fsp3) is 0.222. The second kappa shape index (κ2) is 9.84. The van der Waals surface area contributed by atoms with E-state index in [1.165, 1.54) is 0 Å². The molecule has 1 atom stereocenters. The lowest BCUT2D eigenvalue weighted by Crippen LogP contribution is -2.31. The highest BCUT2D eigenvalue weighted by molar-refractivity contribution is 6.35. The van der Waals surface area contributed by atoms with Crippen LogP contribution in [0.1, 0.15) is 34.8 Å². The average molecular weight is 524 g/mol. The Morgan fingerprint density at radius 3 is 2.69 bits per heavy atom. The third-order valence-corrected chi connectivity index (χ3v) is 6.93. The summed E-state index contributed by atoms with van der Waals surface area (Å²) in [6, 6.07) is 18.0. The molecule has 0 bridgehead atoms. The predicted molar refractivity (Wildman–Crippen MR) is 138 cm³/mol. The second-order valence-electron chi connectivity index (χ2n) is 8.68. The molecule has 0 saturated heterocycles. The van der Waals surface area contributed by atoms with Gasteiger partial charge in [-0.2, -0.15) is 5.10 Å². The molecule has 0 saturated carbocycles. The number of carbonyl (C=O) groups excluding carboxylic acids is 1. The van der Waals surface area contributed by atoms with Gasteiger partial charge in [-0.3, -0.25) is 9.48 Å². The van der Waals surface area contributed by atoms with Gasteiger partial charge in [-0.05, 0) is 48.4 Å². The normalized spacial score (nSPS) is 14.8. The predicted octanol–water partition coefficient (Wildman–Crippen LogP) is 5.64. The van der Waals surface area contributed by atoms with Gasteiger partial charge in [0.15, 0.2) is 6.61 Å². The molecular formula is C27H23Cl2N3O4. The molecule has 4 aromatic rings. The molecule has 0 radical (unpaired) electrons. The van der Waals surface area contributed by atoms with E-state index in [1.807, 2.05) is 54.1 Å². The smallest absolute Gasteiger partial charge is 0.341 e. The monoisotopic (exact) mass is 523 g/mol. The molecule has 184 valence electrons. The van der Waals surface area contributed by atoms with Crippen LogP contribution >= 0.6 is 23.2 Å². The van der Waals surface area contributed by atoms with Crippen molar-refractivity contribution in [3.63, 3.8) is 0 Å². The molecule has 36 heavy (non-hydrogen) atoms. The van der Waals surface area contributed by atoms with E-state index in [4.69, 9.17) is 33.0 Å². The Bertz CT molecular complexity index is 1480. The lowest BCUT2D eigenvalue weighted by atomic mass is 9.97. The fourth-order valence-corrected chi connectivity index (χ4v) is 5.33. The van der Waals surface area contributed by atoms with E-state index in [-0.39, 0.29) is 12.3 Å². The first kappa shape index (κ1) is 24.2. The van der Waals surface area contributed by atoms with Gasteiger partial charge < -0.3 is 14.7 Å². The molecule has 0 spiro atoms. The third kappa shape index (κ3) is 4.52. The molecule has 9 heteroatoms. The van der Waals surface area contributed by atoms with Crippen molar-refractivity contribution in [2.45, 2.75) is 32.5 Å². The maximum atomic E-state index is 13.6. The molecule has 1 amide bonds. The van der Waals surface area contributed by atoms with Gasteiger partial charge in [0, 0.05) is 28.9 Å². The molecule has 3 aromatic carbocycles. The summed E-state index contributed by atoms with van der Waals surface area (Å²) in [4.78, 5) is 26.6. The van der Waals surface area contributed by atoms with Crippen LogP contribution in [0.3, 0.4) is 0 Å². The van der Waals surface area contributed by atoms with E-state index in [0.717, 1.165) is 27.7 Å². The fourth-order valence-electron chi connectivity index (χ4n) is 4.85. The van der Waals surface area contributed by atoms with E-state index in [9.17, 15) is 9.59 Å². The molecule has 1 unspecified atom stereocenters. The van der Waals surface area contributed by atoms with E-state index >= 15 is 0 Å². The van der Waals surface area contributed by atoms with Crippen molar-refractivity contribution in [3.8, 4) is 5.75 Å². The Morgan fingerprint density at radius 1 is 1.08 bits per heavy atom. The van der Waals surface area contributed by atoms with Gasteiger partial charge in [0.25, 0.3) is 0 Å². The summed E-state index contributed by atoms with van der Waals surface area (Å²) in [5.74, 6) is -0.772. The molecule has 1 N–H and O–H groups in total. The van der Waals surface area contributed by atoms with Crippen LogP contribution in [-0.2, 0) is 22.7 Å². The van der Waals surface area contributed by atoms with Crippen LogP contribution in [0.2, 0.25) is 10.0 Å². The Morgan fingerprint density at radius 2 is 1.89 bits per heavy atom. The Kier molecular flexibility index (Phi) is 6.60. The number of hydrogen-bond donors (Lipinski definition) is 1. The summed E-state index contributed by atoms with van der Waals surface area (Å²) >= 11 is 12.7. The number of ether oxygens (including phenoxy) is 1. The molecule has 0 aliphatic carbocycles. The number of aromatic nitrogens is 2. The summed E-state index contributed by atoms with van der Waals surface area (Å²) in [5.41, 5.74) is 4.32. The van der Waals surface area contributed by atoms with Gasteiger partial charge in [-0.1, -0.05) is 53.5 Å². The van der Waals surface area contributed by atoms with E-state index in [1.54, 1.807) is 23.1 Å². The van der Waals surface area contributed by atoms with Crippen molar-refractivity contribution < 1.29 is 19.4 Å². The summed E-state index contributed by atoms with van der Waals surface area (Å²) in [5, 5.41) is 15.7. The van der Waals surface area contributed by atoms with Gasteiger partial charge in [-0.25, -0.2) is 4.79 Å². The van der Waals surface area contributed by atoms with Crippen LogP contribution in [0.15, 0.2) is 60.7 Å². The highest BCUT2D eigenvalue weighted by Crippen LogP contribution is 2.43. The minimum atomic E-state index is -1.09. The number of aryl methyl sites for hydroxylation is 2. The largest absolute Gasteiger partial charge is 0.482 e. The molecule has 1 aromatic heterocycles. The number of hydrogen-bond acceptors (Lipinski definition) is 4. The molecule has 5 rings (SSSR count). The number of aliphatic carboxylic acids is 1. The lowest BCUT2D eigenvalue weighted by Gasteiger charge is -2.27. The standard InChI is InChI=1S/C27H23Cl2N3O4/c1-16-26-21(29)7-4-8-22(26)32(30-16)12-11-24(33)31-14-17-5-2-3-6-19(17)27(31)20-13-18(28)9-10-23(20)36-15-25(34)35/h2-10,13,27H,11-12,14-15H2,1H3,(H,34,35). The SMILES string of the molecule is Cc1nn(CCC(=O)N2Cc3ccccc3C2c2cc(Cl)ccc2OCC(=O)O)c2cccc(Cl)c12. The Labute approximate surface area is 217 Å². The second-order valence-corrected chi connectivity index (χ2v) is 9.52. The van der Waals surface area contributed by atoms with Crippen molar-refractivity contribution in [3.05, 3.63) is 93.1 Å². The zero-order valence-electron chi connectivity index (χ0n) is 19.4. The number of benzene rings is 3. The van der Waals surface area contributed by atoms with Crippen molar-refractivity contribution >= 4 is 46.0 Å². The number of rotatable bonds is 7. The van der Waals surface area contributed by atoms with Crippen LogP contribution < -0.4 is 4.74 Å². The van der Waals surface area contributed by atoms with Crippen LogP contribution in [0, 0.1) is 6.92 Å². The first-order valence-corrected chi connectivity index (χ1v) is 12.2. The number of fused-ring (bicyclic) bond motifs is 2. The lowest BCUT2D eigenvalue weighted by molar-refractivity contribution is -0.139. The molecule has 1 aliphatic rings. The number of carboxylic acids is 1. The number of amides is 1. The number of halogens is 2. The first-order chi connectivity index (χ1) is 17.3. The van der Waals surface area contributed by atoms with Crippen molar-refractivity contribution in [2.75, 3.05) is 6.61 Å². The van der Waals surface area contributed by atoms with Gasteiger partial charge in [0.2, 0.25) is 5.91 Å². The summed E-state index contributed by atoms with van der Waals surface area (Å²) in [7, 11) is 0. The summed E-state index contributed by atoms with van der Waals surface area (Å²) in [6.07, 6.45) is 0.221. The zero-order chi connectivity index (χ0) is 25.4. The maximum absolute atomic E-state index is 13.6. The van der Waals surface area contributed by atoms with Crippen LogP contribution in [-0.4, -0.2) is 38.3 Å². The van der Waals surface area contributed by atoms with E-state index in [2.05, 4.69) is 5.10 Å². The molecule has 1 aliphatic heterocycles. The topological polar surface area (TPSA) is 84.7 Å². The minimum Gasteiger partial charge on any atom is -0.482 e. The highest BCUT2D eigenvalue weighted by Gasteiger charge is 2.36. The maximum Gasteiger partial charge on any atom is 0.341 e. The van der Waals surface area contributed by atoms with Gasteiger partial charge >= 0.3 is 5.97 Å². The Balaban J connectivity index is 1.46. The van der Waals surface area contributed by atoms with Gasteiger partial charge in [0.05, 0.1) is 28.8 Å². The van der Waals surface area contributed by atoms with Crippen LogP contribution in [0.4, 0.5) is 0 Å². The molecular weight excluding hydrogens is 501 g/mol.